The fourth-order valence-electron chi connectivity index (χ4n) is 2.33. The quantitative estimate of drug-likeness (QED) is 0.805. The zero-order chi connectivity index (χ0) is 15.7. The first-order chi connectivity index (χ1) is 10.5. The minimum atomic E-state index is -0.252. The van der Waals surface area contributed by atoms with Gasteiger partial charge in [0, 0.05) is 31.3 Å². The number of amides is 1. The molecule has 0 aliphatic carbocycles. The number of imidazole rings is 2. The SMILES string of the molecule is Cc1ccn2cc(C(=O)Nc3nccn3CC(C)C)nc2c1. The van der Waals surface area contributed by atoms with Crippen molar-refractivity contribution in [3.63, 3.8) is 0 Å². The molecule has 1 N–H and O–H groups in total. The fourth-order valence-corrected chi connectivity index (χ4v) is 2.33. The number of carbonyl (C=O) groups is 1. The third-order valence-electron chi connectivity index (χ3n) is 3.35. The third-order valence-corrected chi connectivity index (χ3v) is 3.35. The molecule has 22 heavy (non-hydrogen) atoms. The van der Waals surface area contributed by atoms with E-state index in [2.05, 4.69) is 29.1 Å². The van der Waals surface area contributed by atoms with Crippen LogP contribution in [0.15, 0.2) is 36.9 Å². The summed E-state index contributed by atoms with van der Waals surface area (Å²) < 4.78 is 3.77. The highest BCUT2D eigenvalue weighted by Gasteiger charge is 2.14. The molecule has 1 amide bonds. The van der Waals surface area contributed by atoms with Crippen molar-refractivity contribution in [2.45, 2.75) is 27.3 Å². The monoisotopic (exact) mass is 297 g/mol. The molecule has 0 atom stereocenters. The van der Waals surface area contributed by atoms with Gasteiger partial charge in [-0.1, -0.05) is 13.8 Å². The van der Waals surface area contributed by atoms with Crippen LogP contribution in [0.5, 0.6) is 0 Å². The summed E-state index contributed by atoms with van der Waals surface area (Å²) in [5, 5.41) is 2.82. The van der Waals surface area contributed by atoms with Gasteiger partial charge in [-0.15, -0.1) is 0 Å². The Balaban J connectivity index is 1.83. The summed E-state index contributed by atoms with van der Waals surface area (Å²) in [6, 6.07) is 3.92. The molecule has 114 valence electrons. The van der Waals surface area contributed by atoms with E-state index in [1.807, 2.05) is 40.4 Å². The van der Waals surface area contributed by atoms with Gasteiger partial charge in [0.1, 0.15) is 11.3 Å². The molecule has 0 spiro atoms. The van der Waals surface area contributed by atoms with Crippen molar-refractivity contribution in [3.05, 3.63) is 48.2 Å². The maximum Gasteiger partial charge on any atom is 0.278 e. The molecule has 3 aromatic heterocycles. The molecule has 3 heterocycles. The minimum absolute atomic E-state index is 0.252. The smallest absolute Gasteiger partial charge is 0.278 e. The number of fused-ring (bicyclic) bond motifs is 1. The first-order valence-corrected chi connectivity index (χ1v) is 7.31. The van der Waals surface area contributed by atoms with Crippen LogP contribution in [0.2, 0.25) is 0 Å². The highest BCUT2D eigenvalue weighted by Crippen LogP contribution is 2.12. The Kier molecular flexibility index (Phi) is 3.66. The topological polar surface area (TPSA) is 64.2 Å². The van der Waals surface area contributed by atoms with Crippen molar-refractivity contribution in [2.75, 3.05) is 5.32 Å². The van der Waals surface area contributed by atoms with E-state index in [1.165, 1.54) is 0 Å². The van der Waals surface area contributed by atoms with Gasteiger partial charge < -0.3 is 8.97 Å². The minimum Gasteiger partial charge on any atom is -0.317 e. The summed E-state index contributed by atoms with van der Waals surface area (Å²) >= 11 is 0. The number of rotatable bonds is 4. The van der Waals surface area contributed by atoms with Gasteiger partial charge in [-0.3, -0.25) is 10.1 Å². The Hall–Kier alpha value is -2.63. The molecule has 0 saturated carbocycles. The Labute approximate surface area is 128 Å². The van der Waals surface area contributed by atoms with E-state index in [0.29, 0.717) is 17.6 Å². The summed E-state index contributed by atoms with van der Waals surface area (Å²) in [5.41, 5.74) is 2.25. The van der Waals surface area contributed by atoms with Gasteiger partial charge in [0.15, 0.2) is 0 Å². The second-order valence-corrected chi connectivity index (χ2v) is 5.85. The predicted molar refractivity (Wildman–Crippen MR) is 84.9 cm³/mol. The number of nitrogens with one attached hydrogen (secondary N) is 1. The Bertz CT molecular complexity index is 815. The summed E-state index contributed by atoms with van der Waals surface area (Å²) in [6.45, 7) is 7.04. The van der Waals surface area contributed by atoms with E-state index in [4.69, 9.17) is 0 Å². The molecule has 0 bridgehead atoms. The molecule has 6 heteroatoms. The van der Waals surface area contributed by atoms with Crippen LogP contribution in [0, 0.1) is 12.8 Å². The normalized spacial score (nSPS) is 11.3. The predicted octanol–water partition coefficient (Wildman–Crippen LogP) is 2.75. The van der Waals surface area contributed by atoms with E-state index in [-0.39, 0.29) is 5.91 Å². The lowest BCUT2D eigenvalue weighted by molar-refractivity contribution is 0.102. The highest BCUT2D eigenvalue weighted by atomic mass is 16.2. The molecule has 0 aliphatic heterocycles. The summed E-state index contributed by atoms with van der Waals surface area (Å²) in [5.74, 6) is 0.771. The van der Waals surface area contributed by atoms with Crippen LogP contribution in [-0.2, 0) is 6.54 Å². The molecule has 0 radical (unpaired) electrons. The molecule has 3 rings (SSSR count). The van der Waals surface area contributed by atoms with Crippen LogP contribution in [0.1, 0.15) is 29.9 Å². The van der Waals surface area contributed by atoms with Crippen LogP contribution >= 0.6 is 0 Å². The summed E-state index contributed by atoms with van der Waals surface area (Å²) in [6.07, 6.45) is 7.17. The summed E-state index contributed by atoms with van der Waals surface area (Å²) in [4.78, 5) is 20.9. The zero-order valence-corrected chi connectivity index (χ0v) is 12.9. The lowest BCUT2D eigenvalue weighted by Gasteiger charge is -2.10. The highest BCUT2D eigenvalue weighted by molar-refractivity contribution is 6.02. The molecule has 0 saturated heterocycles. The molecule has 0 aliphatic rings. The molecular formula is C16H19N5O. The van der Waals surface area contributed by atoms with E-state index in [1.54, 1.807) is 12.4 Å². The number of carbonyl (C=O) groups excluding carboxylic acids is 1. The lowest BCUT2D eigenvalue weighted by Crippen LogP contribution is -2.17. The largest absolute Gasteiger partial charge is 0.317 e. The van der Waals surface area contributed by atoms with E-state index in [0.717, 1.165) is 17.8 Å². The standard InChI is InChI=1S/C16H19N5O/c1-11(2)9-21-7-5-17-16(21)19-15(22)13-10-20-6-4-12(3)8-14(20)18-13/h4-8,10-11H,9H2,1-3H3,(H,17,19,22). The molecule has 0 aromatic carbocycles. The van der Waals surface area contributed by atoms with Gasteiger partial charge in [-0.05, 0) is 30.5 Å². The van der Waals surface area contributed by atoms with Crippen molar-refractivity contribution < 1.29 is 4.79 Å². The fraction of sp³-hybridized carbons (Fsp3) is 0.312. The number of anilines is 1. The zero-order valence-electron chi connectivity index (χ0n) is 12.9. The number of hydrogen-bond acceptors (Lipinski definition) is 3. The molecular weight excluding hydrogens is 278 g/mol. The maximum atomic E-state index is 12.4. The van der Waals surface area contributed by atoms with Crippen LogP contribution in [0.3, 0.4) is 0 Å². The first kappa shape index (κ1) is 14.3. The average Bonchev–Trinajstić information content (AvgIpc) is 3.05. The number of aryl methyl sites for hydroxylation is 1. The van der Waals surface area contributed by atoms with E-state index < -0.39 is 0 Å². The number of aromatic nitrogens is 4. The third kappa shape index (κ3) is 2.86. The van der Waals surface area contributed by atoms with Gasteiger partial charge in [0.05, 0.1) is 0 Å². The lowest BCUT2D eigenvalue weighted by atomic mass is 10.2. The second kappa shape index (κ2) is 5.63. The average molecular weight is 297 g/mol. The number of nitrogens with zero attached hydrogens (tertiary/aromatic N) is 4. The van der Waals surface area contributed by atoms with Gasteiger partial charge in [-0.25, -0.2) is 9.97 Å². The van der Waals surface area contributed by atoms with Gasteiger partial charge >= 0.3 is 0 Å². The van der Waals surface area contributed by atoms with Crippen molar-refractivity contribution >= 4 is 17.5 Å². The molecule has 0 fully saturated rings. The molecule has 0 unspecified atom stereocenters. The van der Waals surface area contributed by atoms with Crippen molar-refractivity contribution in [1.82, 2.24) is 18.9 Å². The van der Waals surface area contributed by atoms with Crippen molar-refractivity contribution in [1.29, 1.82) is 0 Å². The van der Waals surface area contributed by atoms with Crippen LogP contribution in [-0.4, -0.2) is 24.8 Å². The maximum absolute atomic E-state index is 12.4. The van der Waals surface area contributed by atoms with Crippen LogP contribution in [0.4, 0.5) is 5.95 Å². The van der Waals surface area contributed by atoms with Crippen LogP contribution in [0.25, 0.3) is 5.65 Å². The van der Waals surface area contributed by atoms with Crippen molar-refractivity contribution in [3.8, 4) is 0 Å². The number of pyridine rings is 1. The van der Waals surface area contributed by atoms with E-state index in [9.17, 15) is 4.79 Å². The first-order valence-electron chi connectivity index (χ1n) is 7.31. The Morgan fingerprint density at radius 3 is 2.95 bits per heavy atom. The van der Waals surface area contributed by atoms with Crippen molar-refractivity contribution in [2.24, 2.45) is 5.92 Å². The number of hydrogen-bond donors (Lipinski definition) is 1. The van der Waals surface area contributed by atoms with Gasteiger partial charge in [0.2, 0.25) is 5.95 Å². The molecule has 3 aromatic rings. The Morgan fingerprint density at radius 1 is 1.36 bits per heavy atom. The van der Waals surface area contributed by atoms with E-state index >= 15 is 0 Å². The van der Waals surface area contributed by atoms with Crippen LogP contribution < -0.4 is 5.32 Å². The molecule has 6 nitrogen and oxygen atoms in total. The Morgan fingerprint density at radius 2 is 2.18 bits per heavy atom. The van der Waals surface area contributed by atoms with Gasteiger partial charge in [0.25, 0.3) is 5.91 Å². The summed E-state index contributed by atoms with van der Waals surface area (Å²) in [7, 11) is 0. The van der Waals surface area contributed by atoms with Gasteiger partial charge in [-0.2, -0.15) is 0 Å². The second-order valence-electron chi connectivity index (χ2n) is 5.85.